The van der Waals surface area contributed by atoms with Crippen molar-refractivity contribution in [1.29, 1.82) is 0 Å². The molecule has 0 unspecified atom stereocenters. The molecule has 1 aromatic rings. The quantitative estimate of drug-likeness (QED) is 0.632. The fraction of sp³-hybridized carbons (Fsp3) is 0.308. The van der Waals surface area contributed by atoms with Gasteiger partial charge >= 0.3 is 0 Å². The standard InChI is InChI=1S/C13H17N3O2/c1-4-12(17)14-11-7-5-10(6-8-11)13(18)16-15-9(2)3/h5-8H,4H2,1-3H3,(H,14,17)(H,16,18). The first kappa shape index (κ1) is 13.9. The highest BCUT2D eigenvalue weighted by atomic mass is 16.2. The number of benzene rings is 1. The fourth-order valence-corrected chi connectivity index (χ4v) is 1.18. The lowest BCUT2D eigenvalue weighted by Crippen LogP contribution is -2.18. The minimum absolute atomic E-state index is 0.0570. The summed E-state index contributed by atoms with van der Waals surface area (Å²) in [7, 11) is 0. The van der Waals surface area contributed by atoms with E-state index in [9.17, 15) is 9.59 Å². The van der Waals surface area contributed by atoms with Crippen molar-refractivity contribution in [3.8, 4) is 0 Å². The van der Waals surface area contributed by atoms with Gasteiger partial charge in [-0.2, -0.15) is 5.10 Å². The number of carbonyl (C=O) groups excluding carboxylic acids is 2. The second-order valence-corrected chi connectivity index (χ2v) is 3.98. The average molecular weight is 247 g/mol. The number of hydrogen-bond donors (Lipinski definition) is 2. The van der Waals surface area contributed by atoms with Crippen LogP contribution in [0.3, 0.4) is 0 Å². The van der Waals surface area contributed by atoms with Gasteiger partial charge in [-0.15, -0.1) is 0 Å². The lowest BCUT2D eigenvalue weighted by molar-refractivity contribution is -0.115. The first-order valence-electron chi connectivity index (χ1n) is 5.74. The third-order valence-electron chi connectivity index (χ3n) is 2.13. The van der Waals surface area contributed by atoms with E-state index in [4.69, 9.17) is 0 Å². The molecule has 1 aromatic carbocycles. The summed E-state index contributed by atoms with van der Waals surface area (Å²) in [4.78, 5) is 22.8. The first-order valence-corrected chi connectivity index (χ1v) is 5.74. The monoisotopic (exact) mass is 247 g/mol. The van der Waals surface area contributed by atoms with Gasteiger partial charge < -0.3 is 5.32 Å². The minimum atomic E-state index is -0.274. The lowest BCUT2D eigenvalue weighted by atomic mass is 10.2. The van der Waals surface area contributed by atoms with Crippen LogP contribution in [0.2, 0.25) is 0 Å². The van der Waals surface area contributed by atoms with Crippen molar-refractivity contribution in [3.05, 3.63) is 29.8 Å². The summed E-state index contributed by atoms with van der Waals surface area (Å²) in [6.45, 7) is 5.37. The molecule has 0 saturated heterocycles. The normalized spacial score (nSPS) is 9.50. The van der Waals surface area contributed by atoms with Crippen LogP contribution >= 0.6 is 0 Å². The maximum atomic E-state index is 11.6. The van der Waals surface area contributed by atoms with Gasteiger partial charge in [0.2, 0.25) is 5.91 Å². The van der Waals surface area contributed by atoms with Gasteiger partial charge in [0.05, 0.1) is 0 Å². The van der Waals surface area contributed by atoms with Crippen molar-refractivity contribution in [2.75, 3.05) is 5.32 Å². The topological polar surface area (TPSA) is 70.6 Å². The van der Waals surface area contributed by atoms with Crippen molar-refractivity contribution >= 4 is 23.2 Å². The SMILES string of the molecule is CCC(=O)Nc1ccc(C(=O)NN=C(C)C)cc1. The third kappa shape index (κ3) is 4.37. The highest BCUT2D eigenvalue weighted by Gasteiger charge is 2.05. The predicted molar refractivity (Wildman–Crippen MR) is 71.6 cm³/mol. The van der Waals surface area contributed by atoms with E-state index in [1.54, 1.807) is 45.0 Å². The van der Waals surface area contributed by atoms with E-state index in [1.807, 2.05) is 0 Å². The number of amides is 2. The Kier molecular flexibility index (Phi) is 5.05. The summed E-state index contributed by atoms with van der Waals surface area (Å²) in [5, 5.41) is 6.54. The second kappa shape index (κ2) is 6.54. The molecule has 0 aliphatic carbocycles. The molecule has 5 heteroatoms. The molecule has 0 spiro atoms. The Morgan fingerprint density at radius 2 is 1.78 bits per heavy atom. The number of nitrogens with one attached hydrogen (secondary N) is 2. The van der Waals surface area contributed by atoms with Crippen LogP contribution in [0, 0.1) is 0 Å². The van der Waals surface area contributed by atoms with Crippen LogP contribution in [0.1, 0.15) is 37.6 Å². The number of hydrazone groups is 1. The molecular weight excluding hydrogens is 230 g/mol. The largest absolute Gasteiger partial charge is 0.326 e. The fourth-order valence-electron chi connectivity index (χ4n) is 1.18. The first-order chi connectivity index (χ1) is 8.52. The number of anilines is 1. The van der Waals surface area contributed by atoms with Gasteiger partial charge in [-0.25, -0.2) is 5.43 Å². The molecule has 0 fully saturated rings. The molecule has 0 atom stereocenters. The van der Waals surface area contributed by atoms with E-state index in [0.717, 1.165) is 5.71 Å². The van der Waals surface area contributed by atoms with Crippen LogP contribution in [0.15, 0.2) is 29.4 Å². The zero-order valence-corrected chi connectivity index (χ0v) is 10.8. The van der Waals surface area contributed by atoms with Gasteiger partial charge in [-0.1, -0.05) is 6.92 Å². The molecular formula is C13H17N3O2. The highest BCUT2D eigenvalue weighted by Crippen LogP contribution is 2.09. The average Bonchev–Trinajstić information content (AvgIpc) is 2.36. The smallest absolute Gasteiger partial charge is 0.271 e. The van der Waals surface area contributed by atoms with E-state index in [-0.39, 0.29) is 11.8 Å². The maximum Gasteiger partial charge on any atom is 0.271 e. The molecule has 0 heterocycles. The van der Waals surface area contributed by atoms with Gasteiger partial charge in [-0.3, -0.25) is 9.59 Å². The Hall–Kier alpha value is -2.17. The molecule has 1 rings (SSSR count). The number of hydrogen-bond acceptors (Lipinski definition) is 3. The van der Waals surface area contributed by atoms with E-state index in [2.05, 4.69) is 15.8 Å². The van der Waals surface area contributed by atoms with Crippen LogP contribution in [0.25, 0.3) is 0 Å². The van der Waals surface area contributed by atoms with E-state index >= 15 is 0 Å². The Morgan fingerprint density at radius 1 is 1.17 bits per heavy atom. The van der Waals surface area contributed by atoms with Gasteiger partial charge in [-0.05, 0) is 38.1 Å². The van der Waals surface area contributed by atoms with Crippen LogP contribution in [-0.4, -0.2) is 17.5 Å². The van der Waals surface area contributed by atoms with Crippen molar-refractivity contribution in [1.82, 2.24) is 5.43 Å². The molecule has 18 heavy (non-hydrogen) atoms. The molecule has 0 saturated carbocycles. The van der Waals surface area contributed by atoms with Gasteiger partial charge in [0.25, 0.3) is 5.91 Å². The summed E-state index contributed by atoms with van der Waals surface area (Å²) in [6.07, 6.45) is 0.423. The lowest BCUT2D eigenvalue weighted by Gasteiger charge is -2.04. The molecule has 0 aliphatic rings. The van der Waals surface area contributed by atoms with Gasteiger partial charge in [0, 0.05) is 23.4 Å². The zero-order chi connectivity index (χ0) is 13.5. The number of rotatable bonds is 4. The Morgan fingerprint density at radius 3 is 2.28 bits per heavy atom. The molecule has 96 valence electrons. The zero-order valence-electron chi connectivity index (χ0n) is 10.8. The summed E-state index contributed by atoms with van der Waals surface area (Å²) >= 11 is 0. The summed E-state index contributed by atoms with van der Waals surface area (Å²) in [5.41, 5.74) is 4.37. The molecule has 0 aliphatic heterocycles. The Bertz CT molecular complexity index is 460. The van der Waals surface area contributed by atoms with Crippen molar-refractivity contribution < 1.29 is 9.59 Å². The van der Waals surface area contributed by atoms with E-state index in [0.29, 0.717) is 17.7 Å². The van der Waals surface area contributed by atoms with Crippen LogP contribution in [-0.2, 0) is 4.79 Å². The van der Waals surface area contributed by atoms with Crippen LogP contribution in [0.5, 0.6) is 0 Å². The molecule has 5 nitrogen and oxygen atoms in total. The minimum Gasteiger partial charge on any atom is -0.326 e. The second-order valence-electron chi connectivity index (χ2n) is 3.98. The van der Waals surface area contributed by atoms with Crippen molar-refractivity contribution in [2.24, 2.45) is 5.10 Å². The molecule has 2 amide bonds. The van der Waals surface area contributed by atoms with Gasteiger partial charge in [0.1, 0.15) is 0 Å². The van der Waals surface area contributed by atoms with Crippen LogP contribution in [0.4, 0.5) is 5.69 Å². The highest BCUT2D eigenvalue weighted by molar-refractivity contribution is 5.96. The van der Waals surface area contributed by atoms with E-state index in [1.165, 1.54) is 0 Å². The summed E-state index contributed by atoms with van der Waals surface area (Å²) < 4.78 is 0. The van der Waals surface area contributed by atoms with E-state index < -0.39 is 0 Å². The predicted octanol–water partition coefficient (Wildman–Crippen LogP) is 2.16. The molecule has 0 radical (unpaired) electrons. The molecule has 2 N–H and O–H groups in total. The summed E-state index contributed by atoms with van der Waals surface area (Å²) in [6, 6.07) is 6.65. The summed E-state index contributed by atoms with van der Waals surface area (Å²) in [5.74, 6) is -0.331. The molecule has 0 bridgehead atoms. The van der Waals surface area contributed by atoms with Crippen molar-refractivity contribution in [2.45, 2.75) is 27.2 Å². The Labute approximate surface area is 106 Å². The van der Waals surface area contributed by atoms with Crippen LogP contribution < -0.4 is 10.7 Å². The van der Waals surface area contributed by atoms with Gasteiger partial charge in [0.15, 0.2) is 0 Å². The number of nitrogens with zero attached hydrogens (tertiary/aromatic N) is 1. The third-order valence-corrected chi connectivity index (χ3v) is 2.13. The van der Waals surface area contributed by atoms with Crippen molar-refractivity contribution in [3.63, 3.8) is 0 Å². The maximum absolute atomic E-state index is 11.6. The Balaban J connectivity index is 2.67. The number of carbonyl (C=O) groups is 2. The molecule has 0 aromatic heterocycles.